The van der Waals surface area contributed by atoms with E-state index in [9.17, 15) is 10.1 Å². The first-order valence-electron chi connectivity index (χ1n) is 7.00. The zero-order chi connectivity index (χ0) is 14.3. The van der Waals surface area contributed by atoms with Gasteiger partial charge in [-0.1, -0.05) is 39.0 Å². The first kappa shape index (κ1) is 15.6. The molecule has 0 saturated heterocycles. The van der Waals surface area contributed by atoms with Gasteiger partial charge in [-0.3, -0.25) is 10.1 Å². The molecule has 0 amide bonds. The Morgan fingerprint density at radius 3 is 2.53 bits per heavy atom. The Labute approximate surface area is 115 Å². The van der Waals surface area contributed by atoms with Crippen molar-refractivity contribution in [3.8, 4) is 0 Å². The summed E-state index contributed by atoms with van der Waals surface area (Å²) in [6.45, 7) is 7.37. The molecular weight excluding hydrogens is 240 g/mol. The van der Waals surface area contributed by atoms with Crippen molar-refractivity contribution in [2.24, 2.45) is 5.92 Å². The molecule has 0 spiro atoms. The maximum Gasteiger partial charge on any atom is 0.272 e. The minimum Gasteiger partial charge on any atom is -0.314 e. The molecule has 0 aromatic heterocycles. The van der Waals surface area contributed by atoms with Crippen molar-refractivity contribution < 1.29 is 4.92 Å². The Hall–Kier alpha value is -1.42. The molecule has 0 aliphatic heterocycles. The molecule has 0 bridgehead atoms. The van der Waals surface area contributed by atoms with E-state index < -0.39 is 0 Å². The van der Waals surface area contributed by atoms with Crippen LogP contribution in [-0.4, -0.2) is 17.5 Å². The molecule has 0 fully saturated rings. The Morgan fingerprint density at radius 2 is 1.95 bits per heavy atom. The van der Waals surface area contributed by atoms with Gasteiger partial charge in [0.2, 0.25) is 0 Å². The van der Waals surface area contributed by atoms with Crippen LogP contribution in [0.4, 0.5) is 5.69 Å². The van der Waals surface area contributed by atoms with Gasteiger partial charge in [0.1, 0.15) is 0 Å². The quantitative estimate of drug-likeness (QED) is 0.577. The summed E-state index contributed by atoms with van der Waals surface area (Å²) < 4.78 is 0. The van der Waals surface area contributed by atoms with E-state index in [-0.39, 0.29) is 10.6 Å². The van der Waals surface area contributed by atoms with Crippen LogP contribution in [0, 0.1) is 16.0 Å². The van der Waals surface area contributed by atoms with Crippen molar-refractivity contribution in [1.82, 2.24) is 5.32 Å². The van der Waals surface area contributed by atoms with Gasteiger partial charge < -0.3 is 5.32 Å². The van der Waals surface area contributed by atoms with E-state index in [2.05, 4.69) is 26.1 Å². The molecule has 1 aromatic rings. The molecule has 1 unspecified atom stereocenters. The SMILES string of the molecule is CCNC(CCC(C)C)Cc1ccccc1[N+](=O)[O-]. The van der Waals surface area contributed by atoms with Crippen LogP contribution in [0.5, 0.6) is 0 Å². The summed E-state index contributed by atoms with van der Waals surface area (Å²) in [7, 11) is 0. The summed E-state index contributed by atoms with van der Waals surface area (Å²) >= 11 is 0. The maximum absolute atomic E-state index is 11.0. The lowest BCUT2D eigenvalue weighted by Crippen LogP contribution is -2.31. The molecule has 1 rings (SSSR count). The smallest absolute Gasteiger partial charge is 0.272 e. The highest BCUT2D eigenvalue weighted by Gasteiger charge is 2.17. The van der Waals surface area contributed by atoms with E-state index in [1.807, 2.05) is 12.1 Å². The maximum atomic E-state index is 11.0. The van der Waals surface area contributed by atoms with E-state index in [4.69, 9.17) is 0 Å². The average Bonchev–Trinajstić information content (AvgIpc) is 2.36. The van der Waals surface area contributed by atoms with Crippen LogP contribution >= 0.6 is 0 Å². The zero-order valence-electron chi connectivity index (χ0n) is 12.1. The van der Waals surface area contributed by atoms with Gasteiger partial charge >= 0.3 is 0 Å². The average molecular weight is 264 g/mol. The second-order valence-corrected chi connectivity index (χ2v) is 5.32. The molecule has 0 aliphatic rings. The Bertz CT molecular complexity index is 405. The van der Waals surface area contributed by atoms with E-state index in [1.54, 1.807) is 12.1 Å². The first-order valence-corrected chi connectivity index (χ1v) is 7.00. The van der Waals surface area contributed by atoms with E-state index in [0.29, 0.717) is 12.0 Å². The van der Waals surface area contributed by atoms with Crippen molar-refractivity contribution in [3.05, 3.63) is 39.9 Å². The van der Waals surface area contributed by atoms with Gasteiger partial charge in [-0.15, -0.1) is 0 Å². The minimum absolute atomic E-state index is 0.231. The van der Waals surface area contributed by atoms with Crippen LogP contribution in [0.1, 0.15) is 39.2 Å². The predicted octanol–water partition coefficient (Wildman–Crippen LogP) is 3.55. The fourth-order valence-electron chi connectivity index (χ4n) is 2.23. The molecule has 1 N–H and O–H groups in total. The molecule has 0 radical (unpaired) electrons. The molecule has 106 valence electrons. The van der Waals surface area contributed by atoms with Gasteiger partial charge in [-0.25, -0.2) is 0 Å². The van der Waals surface area contributed by atoms with Crippen LogP contribution in [0.3, 0.4) is 0 Å². The van der Waals surface area contributed by atoms with Crippen LogP contribution in [0.25, 0.3) is 0 Å². The third kappa shape index (κ3) is 5.39. The van der Waals surface area contributed by atoms with Crippen molar-refractivity contribution in [3.63, 3.8) is 0 Å². The number of nitro groups is 1. The van der Waals surface area contributed by atoms with E-state index in [1.165, 1.54) is 0 Å². The summed E-state index contributed by atoms with van der Waals surface area (Å²) in [5.74, 6) is 0.659. The van der Waals surface area contributed by atoms with Crippen LogP contribution in [0.2, 0.25) is 0 Å². The minimum atomic E-state index is -0.291. The molecular formula is C15H24N2O2. The summed E-state index contributed by atoms with van der Waals surface area (Å²) in [5, 5.41) is 14.4. The van der Waals surface area contributed by atoms with Gasteiger partial charge in [0.15, 0.2) is 0 Å². The topological polar surface area (TPSA) is 55.2 Å². The Kier molecular flexibility index (Phi) is 6.50. The highest BCUT2D eigenvalue weighted by atomic mass is 16.6. The van der Waals surface area contributed by atoms with E-state index >= 15 is 0 Å². The zero-order valence-corrected chi connectivity index (χ0v) is 12.1. The van der Waals surface area contributed by atoms with Crippen molar-refractivity contribution >= 4 is 5.69 Å². The second kappa shape index (κ2) is 7.89. The van der Waals surface area contributed by atoms with Gasteiger partial charge in [0, 0.05) is 17.7 Å². The van der Waals surface area contributed by atoms with Crippen LogP contribution < -0.4 is 5.32 Å². The standard InChI is InChI=1S/C15H24N2O2/c1-4-16-14(10-9-12(2)3)11-13-7-5-6-8-15(13)17(18)19/h5-8,12,14,16H,4,9-11H2,1-3H3. The van der Waals surface area contributed by atoms with Gasteiger partial charge in [-0.2, -0.15) is 0 Å². The number of hydrogen-bond acceptors (Lipinski definition) is 3. The number of nitrogens with zero attached hydrogens (tertiary/aromatic N) is 1. The lowest BCUT2D eigenvalue weighted by Gasteiger charge is -2.19. The molecule has 1 atom stereocenters. The molecule has 0 aliphatic carbocycles. The Balaban J connectivity index is 2.75. The summed E-state index contributed by atoms with van der Waals surface area (Å²) in [4.78, 5) is 10.7. The fourth-order valence-corrected chi connectivity index (χ4v) is 2.23. The van der Waals surface area contributed by atoms with Gasteiger partial charge in [-0.05, 0) is 31.7 Å². The number of likely N-dealkylation sites (N-methyl/N-ethyl adjacent to an activating group) is 1. The van der Waals surface area contributed by atoms with Crippen LogP contribution in [0.15, 0.2) is 24.3 Å². The van der Waals surface area contributed by atoms with Crippen LogP contribution in [-0.2, 0) is 6.42 Å². The molecule has 4 nitrogen and oxygen atoms in total. The number of nitrogens with one attached hydrogen (secondary N) is 1. The van der Waals surface area contributed by atoms with E-state index in [0.717, 1.165) is 31.4 Å². The second-order valence-electron chi connectivity index (χ2n) is 5.32. The number of nitro benzene ring substituents is 1. The monoisotopic (exact) mass is 264 g/mol. The normalized spacial score (nSPS) is 12.6. The highest BCUT2D eigenvalue weighted by molar-refractivity contribution is 5.40. The third-order valence-corrected chi connectivity index (χ3v) is 3.24. The molecule has 0 saturated carbocycles. The van der Waals surface area contributed by atoms with Crippen molar-refractivity contribution in [2.45, 2.75) is 46.1 Å². The number of benzene rings is 1. The van der Waals surface area contributed by atoms with Crippen molar-refractivity contribution in [2.75, 3.05) is 6.54 Å². The number of para-hydroxylation sites is 1. The predicted molar refractivity (Wildman–Crippen MR) is 78.3 cm³/mol. The largest absolute Gasteiger partial charge is 0.314 e. The lowest BCUT2D eigenvalue weighted by molar-refractivity contribution is -0.385. The number of rotatable bonds is 8. The molecule has 4 heteroatoms. The van der Waals surface area contributed by atoms with Gasteiger partial charge in [0.25, 0.3) is 5.69 Å². The molecule has 1 aromatic carbocycles. The highest BCUT2D eigenvalue weighted by Crippen LogP contribution is 2.21. The molecule has 19 heavy (non-hydrogen) atoms. The summed E-state index contributed by atoms with van der Waals surface area (Å²) in [6.07, 6.45) is 2.91. The summed E-state index contributed by atoms with van der Waals surface area (Å²) in [6, 6.07) is 7.35. The fraction of sp³-hybridized carbons (Fsp3) is 0.600. The molecule has 0 heterocycles. The first-order chi connectivity index (χ1) is 9.04. The van der Waals surface area contributed by atoms with Gasteiger partial charge in [0.05, 0.1) is 4.92 Å². The Morgan fingerprint density at radius 1 is 1.26 bits per heavy atom. The lowest BCUT2D eigenvalue weighted by atomic mass is 9.97. The third-order valence-electron chi connectivity index (χ3n) is 3.24. The van der Waals surface area contributed by atoms with Crippen molar-refractivity contribution in [1.29, 1.82) is 0 Å². The number of hydrogen-bond donors (Lipinski definition) is 1. The summed E-state index contributed by atoms with van der Waals surface area (Å²) in [5.41, 5.74) is 1.05.